The number of aldehydes is 1. The third kappa shape index (κ3) is 1.76. The first kappa shape index (κ1) is 11.9. The van der Waals surface area contributed by atoms with Gasteiger partial charge in [0.05, 0.1) is 4.90 Å². The standard InChI is InChI=1S/C12H13NO3S/c1-8-11(7-14)10-6-9(17(3,15)16)4-5-12(10)13(8)2/h4-7H,1-3H3. The first-order chi connectivity index (χ1) is 7.86. The lowest BCUT2D eigenvalue weighted by atomic mass is 10.1. The molecule has 2 rings (SSSR count). The van der Waals surface area contributed by atoms with Gasteiger partial charge in [-0.25, -0.2) is 8.42 Å². The van der Waals surface area contributed by atoms with Crippen LogP contribution >= 0.6 is 0 Å². The Bertz CT molecular complexity index is 711. The lowest BCUT2D eigenvalue weighted by Gasteiger charge is -2.00. The summed E-state index contributed by atoms with van der Waals surface area (Å²) in [6.07, 6.45) is 1.92. The van der Waals surface area contributed by atoms with Crippen LogP contribution in [0, 0.1) is 6.92 Å². The van der Waals surface area contributed by atoms with E-state index in [0.717, 1.165) is 23.8 Å². The molecule has 1 heterocycles. The smallest absolute Gasteiger partial charge is 0.175 e. The fourth-order valence-electron chi connectivity index (χ4n) is 1.96. The largest absolute Gasteiger partial charge is 0.347 e. The molecule has 17 heavy (non-hydrogen) atoms. The molecule has 0 aliphatic heterocycles. The Morgan fingerprint density at radius 3 is 2.47 bits per heavy atom. The predicted octanol–water partition coefficient (Wildman–Crippen LogP) is 1.70. The van der Waals surface area contributed by atoms with Gasteiger partial charge in [0.1, 0.15) is 0 Å². The van der Waals surface area contributed by atoms with Crippen molar-refractivity contribution in [3.63, 3.8) is 0 Å². The molecule has 2 aromatic rings. The van der Waals surface area contributed by atoms with E-state index >= 15 is 0 Å². The van der Waals surface area contributed by atoms with Crippen molar-refractivity contribution in [2.45, 2.75) is 11.8 Å². The number of hydrogen-bond acceptors (Lipinski definition) is 3. The van der Waals surface area contributed by atoms with Gasteiger partial charge in [-0.1, -0.05) is 0 Å². The first-order valence-electron chi connectivity index (χ1n) is 5.10. The Balaban J connectivity index is 2.91. The Labute approximate surface area is 99.8 Å². The molecule has 0 amide bonds. The van der Waals surface area contributed by atoms with Gasteiger partial charge in [0, 0.05) is 35.5 Å². The normalized spacial score (nSPS) is 11.9. The molecule has 0 radical (unpaired) electrons. The minimum Gasteiger partial charge on any atom is -0.347 e. The molecule has 0 atom stereocenters. The molecule has 0 saturated heterocycles. The summed E-state index contributed by atoms with van der Waals surface area (Å²) in [4.78, 5) is 11.3. The fraction of sp³-hybridized carbons (Fsp3) is 0.250. The second-order valence-corrected chi connectivity index (χ2v) is 6.14. The summed E-state index contributed by atoms with van der Waals surface area (Å²) < 4.78 is 24.8. The molecule has 0 unspecified atom stereocenters. The van der Waals surface area contributed by atoms with E-state index in [0.29, 0.717) is 10.9 Å². The van der Waals surface area contributed by atoms with Crippen molar-refractivity contribution in [3.05, 3.63) is 29.5 Å². The maximum Gasteiger partial charge on any atom is 0.175 e. The van der Waals surface area contributed by atoms with E-state index in [9.17, 15) is 13.2 Å². The second kappa shape index (κ2) is 3.70. The molecule has 0 N–H and O–H groups in total. The Morgan fingerprint density at radius 1 is 1.29 bits per heavy atom. The number of fused-ring (bicyclic) bond motifs is 1. The summed E-state index contributed by atoms with van der Waals surface area (Å²) in [5.74, 6) is 0. The number of sulfone groups is 1. The van der Waals surface area contributed by atoms with E-state index < -0.39 is 9.84 Å². The highest BCUT2D eigenvalue weighted by atomic mass is 32.2. The molecule has 0 spiro atoms. The highest BCUT2D eigenvalue weighted by molar-refractivity contribution is 7.90. The molecule has 0 aliphatic carbocycles. The Hall–Kier alpha value is -1.62. The van der Waals surface area contributed by atoms with Crippen molar-refractivity contribution >= 4 is 27.0 Å². The zero-order valence-electron chi connectivity index (χ0n) is 9.89. The van der Waals surface area contributed by atoms with Crippen molar-refractivity contribution in [1.82, 2.24) is 4.57 Å². The van der Waals surface area contributed by atoms with Gasteiger partial charge in [-0.3, -0.25) is 4.79 Å². The van der Waals surface area contributed by atoms with Gasteiger partial charge in [0.2, 0.25) is 0 Å². The molecule has 0 bridgehead atoms. The number of benzene rings is 1. The molecular weight excluding hydrogens is 238 g/mol. The van der Waals surface area contributed by atoms with E-state index in [4.69, 9.17) is 0 Å². The number of carbonyl (C=O) groups excluding carboxylic acids is 1. The second-order valence-electron chi connectivity index (χ2n) is 4.13. The van der Waals surface area contributed by atoms with E-state index in [1.807, 2.05) is 18.5 Å². The summed E-state index contributed by atoms with van der Waals surface area (Å²) in [5.41, 5.74) is 2.24. The molecule has 5 heteroatoms. The van der Waals surface area contributed by atoms with Gasteiger partial charge < -0.3 is 4.57 Å². The van der Waals surface area contributed by atoms with Crippen LogP contribution in [0.15, 0.2) is 23.1 Å². The summed E-state index contributed by atoms with van der Waals surface area (Å²) in [6.45, 7) is 1.84. The zero-order valence-corrected chi connectivity index (χ0v) is 10.7. The number of rotatable bonds is 2. The van der Waals surface area contributed by atoms with Crippen molar-refractivity contribution < 1.29 is 13.2 Å². The molecule has 1 aromatic heterocycles. The van der Waals surface area contributed by atoms with Crippen molar-refractivity contribution in [1.29, 1.82) is 0 Å². The third-order valence-electron chi connectivity index (χ3n) is 3.06. The maximum absolute atomic E-state index is 11.5. The summed E-state index contributed by atoms with van der Waals surface area (Å²) in [7, 11) is -1.40. The topological polar surface area (TPSA) is 56.1 Å². The molecule has 90 valence electrons. The van der Waals surface area contributed by atoms with Crippen LogP contribution in [0.1, 0.15) is 16.1 Å². The van der Waals surface area contributed by atoms with Crippen LogP contribution in [0.4, 0.5) is 0 Å². The monoisotopic (exact) mass is 251 g/mol. The van der Waals surface area contributed by atoms with Crippen LogP contribution in [0.2, 0.25) is 0 Å². The molecule has 4 nitrogen and oxygen atoms in total. The summed E-state index contributed by atoms with van der Waals surface area (Å²) in [5, 5.41) is 0.683. The van der Waals surface area contributed by atoms with Crippen LogP contribution in [-0.2, 0) is 16.9 Å². The molecular formula is C12H13NO3S. The summed E-state index contributed by atoms with van der Waals surface area (Å²) >= 11 is 0. The first-order valence-corrected chi connectivity index (χ1v) is 6.99. The van der Waals surface area contributed by atoms with Gasteiger partial charge in [-0.05, 0) is 25.1 Å². The van der Waals surface area contributed by atoms with E-state index in [2.05, 4.69) is 0 Å². The third-order valence-corrected chi connectivity index (χ3v) is 4.17. The van der Waals surface area contributed by atoms with Gasteiger partial charge in [-0.15, -0.1) is 0 Å². The molecule has 0 aliphatic rings. The Kier molecular flexibility index (Phi) is 2.58. The van der Waals surface area contributed by atoms with Gasteiger partial charge >= 0.3 is 0 Å². The number of aromatic nitrogens is 1. The van der Waals surface area contributed by atoms with E-state index in [1.54, 1.807) is 18.2 Å². The van der Waals surface area contributed by atoms with Crippen LogP contribution < -0.4 is 0 Å². The number of carbonyl (C=O) groups is 1. The van der Waals surface area contributed by atoms with Crippen molar-refractivity contribution in [2.24, 2.45) is 7.05 Å². The SMILES string of the molecule is Cc1c(C=O)c2cc(S(C)(=O)=O)ccc2n1C. The number of hydrogen-bond donors (Lipinski definition) is 0. The highest BCUT2D eigenvalue weighted by Crippen LogP contribution is 2.26. The maximum atomic E-state index is 11.5. The molecule has 1 aromatic carbocycles. The molecule has 0 saturated carbocycles. The zero-order chi connectivity index (χ0) is 12.8. The Morgan fingerprint density at radius 2 is 1.94 bits per heavy atom. The van der Waals surface area contributed by atoms with Gasteiger partial charge in [0.15, 0.2) is 16.1 Å². The van der Waals surface area contributed by atoms with Crippen LogP contribution in [0.25, 0.3) is 10.9 Å². The fourth-order valence-corrected chi connectivity index (χ4v) is 2.61. The quantitative estimate of drug-likeness (QED) is 0.763. The average Bonchev–Trinajstić information content (AvgIpc) is 2.50. The van der Waals surface area contributed by atoms with Gasteiger partial charge in [0.25, 0.3) is 0 Å². The van der Waals surface area contributed by atoms with Crippen molar-refractivity contribution in [3.8, 4) is 0 Å². The number of nitrogens with zero attached hydrogens (tertiary/aromatic N) is 1. The molecule has 0 fully saturated rings. The average molecular weight is 251 g/mol. The van der Waals surface area contributed by atoms with E-state index in [1.165, 1.54) is 0 Å². The van der Waals surface area contributed by atoms with Crippen molar-refractivity contribution in [2.75, 3.05) is 6.26 Å². The van der Waals surface area contributed by atoms with E-state index in [-0.39, 0.29) is 4.90 Å². The lowest BCUT2D eigenvalue weighted by Crippen LogP contribution is -1.96. The van der Waals surface area contributed by atoms with Crippen LogP contribution in [0.5, 0.6) is 0 Å². The summed E-state index contributed by atoms with van der Waals surface area (Å²) in [6, 6.07) is 4.85. The van der Waals surface area contributed by atoms with Crippen LogP contribution in [0.3, 0.4) is 0 Å². The van der Waals surface area contributed by atoms with Crippen LogP contribution in [-0.4, -0.2) is 25.5 Å². The highest BCUT2D eigenvalue weighted by Gasteiger charge is 2.14. The number of aryl methyl sites for hydroxylation is 1. The lowest BCUT2D eigenvalue weighted by molar-refractivity contribution is 0.112. The minimum absolute atomic E-state index is 0.235. The van der Waals surface area contributed by atoms with Gasteiger partial charge in [-0.2, -0.15) is 0 Å². The predicted molar refractivity (Wildman–Crippen MR) is 66.2 cm³/mol. The minimum atomic E-state index is -3.25.